The van der Waals surface area contributed by atoms with Crippen molar-refractivity contribution in [3.8, 4) is 0 Å². The third-order valence-corrected chi connectivity index (χ3v) is 3.82. The molecule has 1 atom stereocenters. The molecule has 1 aromatic heterocycles. The van der Waals surface area contributed by atoms with Gasteiger partial charge in [-0.25, -0.2) is 4.79 Å². The highest BCUT2D eigenvalue weighted by atomic mass is 16.4. The number of aromatic nitrogens is 2. The molecule has 5 heteroatoms. The zero-order valence-electron chi connectivity index (χ0n) is 11.2. The van der Waals surface area contributed by atoms with E-state index in [-0.39, 0.29) is 0 Å². The number of nitrogens with one attached hydrogen (secondary N) is 1. The fourth-order valence-electron chi connectivity index (χ4n) is 2.70. The second kappa shape index (κ2) is 4.72. The van der Waals surface area contributed by atoms with Crippen LogP contribution in [0, 0.1) is 5.41 Å². The van der Waals surface area contributed by atoms with E-state index in [2.05, 4.69) is 24.3 Å². The van der Waals surface area contributed by atoms with Crippen molar-refractivity contribution in [3.05, 3.63) is 17.5 Å². The molecule has 0 aliphatic heterocycles. The van der Waals surface area contributed by atoms with Crippen LogP contribution in [0.4, 0.5) is 0 Å². The van der Waals surface area contributed by atoms with Gasteiger partial charge in [0, 0.05) is 19.6 Å². The van der Waals surface area contributed by atoms with Gasteiger partial charge in [-0.1, -0.05) is 13.8 Å². The Hall–Kier alpha value is -1.36. The molecular formula is C13H21N3O2. The summed E-state index contributed by atoms with van der Waals surface area (Å²) >= 11 is 0. The largest absolute Gasteiger partial charge is 0.478 e. The number of aromatic carboxylic acids is 1. The molecule has 1 aliphatic rings. The van der Waals surface area contributed by atoms with Gasteiger partial charge in [0.1, 0.15) is 5.56 Å². The molecule has 0 amide bonds. The second-order valence-corrected chi connectivity index (χ2v) is 5.92. The smallest absolute Gasteiger partial charge is 0.339 e. The molecule has 1 unspecified atom stereocenters. The Morgan fingerprint density at radius 1 is 1.67 bits per heavy atom. The van der Waals surface area contributed by atoms with Gasteiger partial charge in [-0.3, -0.25) is 4.68 Å². The predicted octanol–water partition coefficient (Wildman–Crippen LogP) is 1.79. The van der Waals surface area contributed by atoms with Crippen molar-refractivity contribution in [1.82, 2.24) is 15.1 Å². The van der Waals surface area contributed by atoms with Gasteiger partial charge < -0.3 is 10.4 Å². The maximum atomic E-state index is 11.1. The van der Waals surface area contributed by atoms with Gasteiger partial charge in [-0.05, 0) is 24.7 Å². The van der Waals surface area contributed by atoms with Crippen LogP contribution in [0.15, 0.2) is 6.20 Å². The molecule has 5 nitrogen and oxygen atoms in total. The van der Waals surface area contributed by atoms with E-state index >= 15 is 0 Å². The standard InChI is InChI=1S/C13H21N3O2/c1-13(2)5-4-9(6-13)14-8-11-10(12(17)18)7-15-16(11)3/h7,9,14H,4-6,8H2,1-3H3,(H,17,18). The van der Waals surface area contributed by atoms with Gasteiger partial charge in [0.25, 0.3) is 0 Å². The topological polar surface area (TPSA) is 67.2 Å². The third-order valence-electron chi connectivity index (χ3n) is 3.82. The number of rotatable bonds is 4. The van der Waals surface area contributed by atoms with E-state index in [1.54, 1.807) is 11.7 Å². The number of hydrogen-bond donors (Lipinski definition) is 2. The molecule has 1 saturated carbocycles. The van der Waals surface area contributed by atoms with Crippen LogP contribution in [-0.4, -0.2) is 26.9 Å². The van der Waals surface area contributed by atoms with Gasteiger partial charge in [-0.15, -0.1) is 0 Å². The number of carbonyl (C=O) groups is 1. The molecule has 0 bridgehead atoms. The zero-order chi connectivity index (χ0) is 13.3. The minimum absolute atomic E-state index is 0.294. The third kappa shape index (κ3) is 2.72. The van der Waals surface area contributed by atoms with E-state index in [1.165, 1.54) is 12.6 Å². The monoisotopic (exact) mass is 251 g/mol. The number of aryl methyl sites for hydroxylation is 1. The Balaban J connectivity index is 1.99. The van der Waals surface area contributed by atoms with Gasteiger partial charge in [-0.2, -0.15) is 5.10 Å². The highest BCUT2D eigenvalue weighted by molar-refractivity contribution is 5.88. The zero-order valence-corrected chi connectivity index (χ0v) is 11.2. The van der Waals surface area contributed by atoms with Crippen molar-refractivity contribution in [2.45, 2.75) is 45.7 Å². The van der Waals surface area contributed by atoms with Crippen LogP contribution < -0.4 is 5.32 Å². The van der Waals surface area contributed by atoms with Gasteiger partial charge in [0.05, 0.1) is 11.9 Å². The molecule has 1 aliphatic carbocycles. The lowest BCUT2D eigenvalue weighted by molar-refractivity contribution is 0.0695. The lowest BCUT2D eigenvalue weighted by atomic mass is 9.92. The summed E-state index contributed by atoms with van der Waals surface area (Å²) in [6.45, 7) is 5.13. The van der Waals surface area contributed by atoms with Crippen LogP contribution in [-0.2, 0) is 13.6 Å². The van der Waals surface area contributed by atoms with Crippen LogP contribution in [0.2, 0.25) is 0 Å². The summed E-state index contributed by atoms with van der Waals surface area (Å²) in [4.78, 5) is 11.1. The van der Waals surface area contributed by atoms with Crippen molar-refractivity contribution in [1.29, 1.82) is 0 Å². The van der Waals surface area contributed by atoms with Crippen molar-refractivity contribution in [2.24, 2.45) is 12.5 Å². The summed E-state index contributed by atoms with van der Waals surface area (Å²) in [6, 6.07) is 0.483. The van der Waals surface area contributed by atoms with Crippen LogP contribution in [0.1, 0.15) is 49.2 Å². The van der Waals surface area contributed by atoms with Gasteiger partial charge in [0.15, 0.2) is 0 Å². The van der Waals surface area contributed by atoms with Crippen molar-refractivity contribution >= 4 is 5.97 Å². The van der Waals surface area contributed by atoms with E-state index in [0.717, 1.165) is 18.5 Å². The molecule has 0 spiro atoms. The first-order valence-corrected chi connectivity index (χ1v) is 6.36. The van der Waals surface area contributed by atoms with Crippen molar-refractivity contribution in [2.75, 3.05) is 0 Å². The van der Waals surface area contributed by atoms with Gasteiger partial charge in [0.2, 0.25) is 0 Å². The Morgan fingerprint density at radius 2 is 2.39 bits per heavy atom. The highest BCUT2D eigenvalue weighted by Gasteiger charge is 2.30. The van der Waals surface area contributed by atoms with Crippen molar-refractivity contribution in [3.63, 3.8) is 0 Å². The number of carboxylic acids is 1. The lowest BCUT2D eigenvalue weighted by Gasteiger charge is -2.18. The maximum Gasteiger partial charge on any atom is 0.339 e. The fraction of sp³-hybridized carbons (Fsp3) is 0.692. The van der Waals surface area contributed by atoms with Crippen LogP contribution >= 0.6 is 0 Å². The SMILES string of the molecule is Cn1ncc(C(=O)O)c1CNC1CCC(C)(C)C1. The molecule has 18 heavy (non-hydrogen) atoms. The first kappa shape index (κ1) is 13.1. The molecule has 0 saturated heterocycles. The number of carboxylic acid groups (broad SMARTS) is 1. The van der Waals surface area contributed by atoms with Crippen LogP contribution in [0.25, 0.3) is 0 Å². The fourth-order valence-corrected chi connectivity index (χ4v) is 2.70. The Kier molecular flexibility index (Phi) is 3.43. The summed E-state index contributed by atoms with van der Waals surface area (Å²) in [7, 11) is 1.78. The first-order chi connectivity index (χ1) is 8.39. The minimum Gasteiger partial charge on any atom is -0.478 e. The Labute approximate surface area is 107 Å². The highest BCUT2D eigenvalue weighted by Crippen LogP contribution is 2.36. The molecule has 0 aromatic carbocycles. The van der Waals surface area contributed by atoms with E-state index in [4.69, 9.17) is 5.11 Å². The van der Waals surface area contributed by atoms with Crippen LogP contribution in [0.5, 0.6) is 0 Å². The minimum atomic E-state index is -0.911. The van der Waals surface area contributed by atoms with Gasteiger partial charge >= 0.3 is 5.97 Å². The number of nitrogens with zero attached hydrogens (tertiary/aromatic N) is 2. The summed E-state index contributed by atoms with van der Waals surface area (Å²) in [5.74, 6) is -0.911. The van der Waals surface area contributed by atoms with E-state index < -0.39 is 5.97 Å². The average Bonchev–Trinajstić information content (AvgIpc) is 2.79. The second-order valence-electron chi connectivity index (χ2n) is 5.92. The molecule has 1 heterocycles. The molecule has 2 rings (SSSR count). The van der Waals surface area contributed by atoms with E-state index in [1.807, 2.05) is 0 Å². The molecule has 2 N–H and O–H groups in total. The van der Waals surface area contributed by atoms with Crippen molar-refractivity contribution < 1.29 is 9.90 Å². The summed E-state index contributed by atoms with van der Waals surface area (Å²) in [5, 5.41) is 16.5. The predicted molar refractivity (Wildman–Crippen MR) is 68.4 cm³/mol. The summed E-state index contributed by atoms with van der Waals surface area (Å²) in [6.07, 6.45) is 4.94. The quantitative estimate of drug-likeness (QED) is 0.856. The average molecular weight is 251 g/mol. The maximum absolute atomic E-state index is 11.1. The van der Waals surface area contributed by atoms with Crippen LogP contribution in [0.3, 0.4) is 0 Å². The molecule has 1 aromatic rings. The Morgan fingerprint density at radius 3 is 2.94 bits per heavy atom. The molecule has 100 valence electrons. The number of hydrogen-bond acceptors (Lipinski definition) is 3. The van der Waals surface area contributed by atoms with E-state index in [9.17, 15) is 4.79 Å². The van der Waals surface area contributed by atoms with E-state index in [0.29, 0.717) is 23.6 Å². The molecular weight excluding hydrogens is 230 g/mol. The molecule has 0 radical (unpaired) electrons. The first-order valence-electron chi connectivity index (χ1n) is 6.36. The molecule has 1 fully saturated rings. The Bertz CT molecular complexity index is 451. The summed E-state index contributed by atoms with van der Waals surface area (Å²) in [5.41, 5.74) is 1.44. The summed E-state index contributed by atoms with van der Waals surface area (Å²) < 4.78 is 1.64. The lowest BCUT2D eigenvalue weighted by Crippen LogP contribution is -2.28. The normalized spacial score (nSPS) is 22.3.